The van der Waals surface area contributed by atoms with Crippen LogP contribution in [0.5, 0.6) is 11.5 Å². The van der Waals surface area contributed by atoms with E-state index in [0.717, 1.165) is 44.1 Å². The largest absolute Gasteiger partial charge is 0.493 e. The third-order valence-corrected chi connectivity index (χ3v) is 8.53. The molecule has 220 valence electrons. The molecule has 1 aromatic carbocycles. The van der Waals surface area contributed by atoms with E-state index in [1.165, 1.54) is 11.8 Å². The number of thiocarbonyl (C=S) groups is 1. The van der Waals surface area contributed by atoms with Crippen molar-refractivity contribution in [2.75, 3.05) is 32.6 Å². The first-order chi connectivity index (χ1) is 19.8. The number of rotatable bonds is 15. The highest BCUT2D eigenvalue weighted by atomic mass is 32.2. The van der Waals surface area contributed by atoms with Gasteiger partial charge < -0.3 is 14.8 Å². The molecule has 0 bridgehead atoms. The van der Waals surface area contributed by atoms with E-state index in [1.54, 1.807) is 36.7 Å². The fourth-order valence-electron chi connectivity index (χ4n) is 4.77. The molecule has 2 heterocycles. The molecule has 0 saturated carbocycles. The zero-order chi connectivity index (χ0) is 29.9. The normalized spacial score (nSPS) is 14.0. The Kier molecular flexibility index (Phi) is 12.3. The van der Waals surface area contributed by atoms with Gasteiger partial charge >= 0.3 is 0 Å². The van der Waals surface area contributed by atoms with Crippen molar-refractivity contribution < 1.29 is 14.3 Å². The number of anilines is 1. The standard InChI is InChI=1S/C31H40N4O4S2/c1-6-8-10-11-17-35-30(37)27(41-31(35)40)19-23-21(3)24(20-32)29(36)34(16-9-7-2)28(23)33-15-14-22-12-13-25(38-4)26(18-22)39-5/h12-13,18-19,33H,6-11,14-17H2,1-5H3/b27-19+. The van der Waals surface area contributed by atoms with Crippen molar-refractivity contribution >= 4 is 46.1 Å². The molecule has 0 aliphatic carbocycles. The van der Waals surface area contributed by atoms with Crippen molar-refractivity contribution in [1.29, 1.82) is 5.26 Å². The molecule has 1 fully saturated rings. The number of aromatic nitrogens is 1. The van der Waals surface area contributed by atoms with Gasteiger partial charge in [-0.25, -0.2) is 0 Å². The second-order valence-electron chi connectivity index (χ2n) is 9.94. The van der Waals surface area contributed by atoms with E-state index in [2.05, 4.69) is 25.2 Å². The Morgan fingerprint density at radius 3 is 2.44 bits per heavy atom. The lowest BCUT2D eigenvalue weighted by Crippen LogP contribution is -2.29. The predicted molar refractivity (Wildman–Crippen MR) is 171 cm³/mol. The van der Waals surface area contributed by atoms with Crippen LogP contribution in [-0.2, 0) is 17.8 Å². The SMILES string of the molecule is CCCCCCN1C(=O)/C(=C\c2c(C)c(C#N)c(=O)n(CCCC)c2NCCc2ccc(OC)c(OC)c2)SC1=S. The number of amides is 1. The second-order valence-corrected chi connectivity index (χ2v) is 11.6. The average Bonchev–Trinajstić information content (AvgIpc) is 3.24. The molecule has 1 aromatic heterocycles. The lowest BCUT2D eigenvalue weighted by atomic mass is 10.0. The minimum atomic E-state index is -0.326. The van der Waals surface area contributed by atoms with Crippen molar-refractivity contribution in [3.05, 3.63) is 55.7 Å². The fourth-order valence-corrected chi connectivity index (χ4v) is 6.06. The van der Waals surface area contributed by atoms with Crippen LogP contribution in [0.3, 0.4) is 0 Å². The van der Waals surface area contributed by atoms with E-state index in [9.17, 15) is 14.9 Å². The van der Waals surface area contributed by atoms with Crippen molar-refractivity contribution in [3.8, 4) is 17.6 Å². The van der Waals surface area contributed by atoms with Gasteiger partial charge in [-0.2, -0.15) is 5.26 Å². The molecule has 1 saturated heterocycles. The highest BCUT2D eigenvalue weighted by Gasteiger charge is 2.32. The van der Waals surface area contributed by atoms with E-state index in [0.29, 0.717) is 63.7 Å². The van der Waals surface area contributed by atoms with Crippen LogP contribution in [0.25, 0.3) is 6.08 Å². The summed E-state index contributed by atoms with van der Waals surface area (Å²) in [7, 11) is 3.20. The summed E-state index contributed by atoms with van der Waals surface area (Å²) < 4.78 is 13.0. The summed E-state index contributed by atoms with van der Waals surface area (Å²) in [4.78, 5) is 28.9. The molecule has 1 aliphatic rings. The molecular weight excluding hydrogens is 556 g/mol. The summed E-state index contributed by atoms with van der Waals surface area (Å²) in [6, 6.07) is 7.88. The predicted octanol–water partition coefficient (Wildman–Crippen LogP) is 6.28. The van der Waals surface area contributed by atoms with E-state index in [1.807, 2.05) is 18.2 Å². The van der Waals surface area contributed by atoms with Gasteiger partial charge in [0, 0.05) is 25.2 Å². The molecule has 1 N–H and O–H groups in total. The molecule has 0 unspecified atom stereocenters. The third-order valence-electron chi connectivity index (χ3n) is 7.15. The quantitative estimate of drug-likeness (QED) is 0.146. The van der Waals surface area contributed by atoms with E-state index in [4.69, 9.17) is 21.7 Å². The second kappa shape index (κ2) is 15.6. The van der Waals surface area contributed by atoms with E-state index >= 15 is 0 Å². The van der Waals surface area contributed by atoms with Gasteiger partial charge in [0.15, 0.2) is 11.5 Å². The van der Waals surface area contributed by atoms with Crippen LogP contribution in [0.15, 0.2) is 27.9 Å². The molecule has 0 spiro atoms. The maximum atomic E-state index is 13.4. The minimum absolute atomic E-state index is 0.0906. The topological polar surface area (TPSA) is 96.6 Å². The summed E-state index contributed by atoms with van der Waals surface area (Å²) in [5, 5.41) is 13.4. The molecule has 41 heavy (non-hydrogen) atoms. The highest BCUT2D eigenvalue weighted by molar-refractivity contribution is 8.26. The number of thioether (sulfide) groups is 1. The van der Waals surface area contributed by atoms with Gasteiger partial charge in [0.25, 0.3) is 11.5 Å². The number of nitrogens with zero attached hydrogens (tertiary/aromatic N) is 3. The van der Waals surface area contributed by atoms with Gasteiger partial charge in [0.2, 0.25) is 0 Å². The molecular formula is C31H40N4O4S2. The first-order valence-corrected chi connectivity index (χ1v) is 15.4. The third kappa shape index (κ3) is 7.72. The minimum Gasteiger partial charge on any atom is -0.493 e. The number of hydrogen-bond donors (Lipinski definition) is 1. The molecule has 0 atom stereocenters. The first kappa shape index (κ1) is 32.2. The Balaban J connectivity index is 1.99. The molecule has 0 radical (unpaired) electrons. The molecule has 3 rings (SSSR count). The summed E-state index contributed by atoms with van der Waals surface area (Å²) in [5.41, 5.74) is 2.01. The van der Waals surface area contributed by atoms with Gasteiger partial charge in [0.1, 0.15) is 21.8 Å². The smallest absolute Gasteiger partial charge is 0.270 e. The number of methoxy groups -OCH3 is 2. The summed E-state index contributed by atoms with van der Waals surface area (Å²) in [6.07, 6.45) is 8.30. The van der Waals surface area contributed by atoms with Crippen molar-refractivity contribution in [1.82, 2.24) is 9.47 Å². The Morgan fingerprint density at radius 1 is 1.05 bits per heavy atom. The number of hydrogen-bond acceptors (Lipinski definition) is 8. The van der Waals surface area contributed by atoms with Crippen molar-refractivity contribution in [2.45, 2.75) is 72.3 Å². The molecule has 1 aliphatic heterocycles. The first-order valence-electron chi connectivity index (χ1n) is 14.2. The van der Waals surface area contributed by atoms with Gasteiger partial charge in [-0.15, -0.1) is 0 Å². The lowest BCUT2D eigenvalue weighted by Gasteiger charge is -2.20. The number of benzene rings is 1. The number of pyridine rings is 1. The summed E-state index contributed by atoms with van der Waals surface area (Å²) >= 11 is 6.83. The van der Waals surface area contributed by atoms with E-state index in [-0.39, 0.29) is 17.0 Å². The number of ether oxygens (including phenoxy) is 2. The monoisotopic (exact) mass is 596 g/mol. The number of unbranched alkanes of at least 4 members (excludes halogenated alkanes) is 4. The van der Waals surface area contributed by atoms with Crippen LogP contribution >= 0.6 is 24.0 Å². The van der Waals surface area contributed by atoms with Crippen LogP contribution < -0.4 is 20.3 Å². The van der Waals surface area contributed by atoms with Gasteiger partial charge in [-0.3, -0.25) is 19.1 Å². The number of carbonyl (C=O) groups excluding carboxylic acids is 1. The maximum Gasteiger partial charge on any atom is 0.270 e. The number of carbonyl (C=O) groups is 1. The molecule has 1 amide bonds. The van der Waals surface area contributed by atoms with Crippen LogP contribution in [0, 0.1) is 18.3 Å². The number of nitrogens with one attached hydrogen (secondary N) is 1. The van der Waals surface area contributed by atoms with Gasteiger partial charge in [-0.1, -0.05) is 69.6 Å². The zero-order valence-corrected chi connectivity index (χ0v) is 26.3. The average molecular weight is 597 g/mol. The Morgan fingerprint density at radius 2 is 1.78 bits per heavy atom. The van der Waals surface area contributed by atoms with Gasteiger partial charge in [0.05, 0.1) is 19.1 Å². The lowest BCUT2D eigenvalue weighted by molar-refractivity contribution is -0.122. The summed E-state index contributed by atoms with van der Waals surface area (Å²) in [6.45, 7) is 7.55. The molecule has 2 aromatic rings. The van der Waals surface area contributed by atoms with Crippen LogP contribution in [0.2, 0.25) is 0 Å². The van der Waals surface area contributed by atoms with Crippen LogP contribution in [-0.4, -0.2) is 47.0 Å². The summed E-state index contributed by atoms with van der Waals surface area (Å²) in [5.74, 6) is 1.78. The molecule has 10 heteroatoms. The fraction of sp³-hybridized carbons (Fsp3) is 0.484. The van der Waals surface area contributed by atoms with E-state index < -0.39 is 0 Å². The van der Waals surface area contributed by atoms with Crippen molar-refractivity contribution in [3.63, 3.8) is 0 Å². The van der Waals surface area contributed by atoms with Gasteiger partial charge in [-0.05, 0) is 55.5 Å². The Hall–Kier alpha value is -3.29. The number of nitriles is 1. The Bertz CT molecular complexity index is 1390. The maximum absolute atomic E-state index is 13.4. The Labute approximate surface area is 252 Å². The zero-order valence-electron chi connectivity index (χ0n) is 24.7. The van der Waals surface area contributed by atoms with Crippen LogP contribution in [0.1, 0.15) is 74.6 Å². The highest BCUT2D eigenvalue weighted by Crippen LogP contribution is 2.35. The molecule has 8 nitrogen and oxygen atoms in total. The van der Waals surface area contributed by atoms with Crippen molar-refractivity contribution in [2.24, 2.45) is 0 Å². The van der Waals surface area contributed by atoms with Crippen LogP contribution in [0.4, 0.5) is 5.82 Å².